The Morgan fingerprint density at radius 3 is 2.58 bits per heavy atom. The highest BCUT2D eigenvalue weighted by atomic mass is 19.1. The Hall–Kier alpha value is -1.68. The Morgan fingerprint density at radius 2 is 2.05 bits per heavy atom. The summed E-state index contributed by atoms with van der Waals surface area (Å²) < 4.78 is 15.8. The molecule has 0 saturated heterocycles. The van der Waals surface area contributed by atoms with Gasteiger partial charge in [0.1, 0.15) is 5.82 Å². The first-order valence-electron chi connectivity index (χ1n) is 6.56. The maximum atomic E-state index is 14.0. The summed E-state index contributed by atoms with van der Waals surface area (Å²) in [5.74, 6) is -0.280. The van der Waals surface area contributed by atoms with Gasteiger partial charge in [-0.1, -0.05) is 13.0 Å². The summed E-state index contributed by atoms with van der Waals surface area (Å²) in [6, 6.07) is 4.62. The van der Waals surface area contributed by atoms with Gasteiger partial charge in [-0.3, -0.25) is 0 Å². The zero-order chi connectivity index (χ0) is 14.2. The molecule has 1 heterocycles. The largest absolute Gasteiger partial charge is 0.324 e. The highest BCUT2D eigenvalue weighted by Crippen LogP contribution is 2.26. The Kier molecular flexibility index (Phi) is 3.71. The molecule has 1 atom stereocenters. The molecular formula is C15H20FN3. The summed E-state index contributed by atoms with van der Waals surface area (Å²) in [6.45, 7) is 7.87. The van der Waals surface area contributed by atoms with Crippen molar-refractivity contribution >= 4 is 0 Å². The van der Waals surface area contributed by atoms with Crippen LogP contribution in [0.15, 0.2) is 18.2 Å². The molecule has 3 nitrogen and oxygen atoms in total. The van der Waals surface area contributed by atoms with Crippen LogP contribution < -0.4 is 5.73 Å². The summed E-state index contributed by atoms with van der Waals surface area (Å²) in [4.78, 5) is 0. The molecule has 2 rings (SSSR count). The molecule has 0 aliphatic rings. The second-order valence-electron chi connectivity index (χ2n) is 4.88. The molecule has 2 N–H and O–H groups in total. The van der Waals surface area contributed by atoms with E-state index < -0.39 is 0 Å². The van der Waals surface area contributed by atoms with E-state index in [2.05, 4.69) is 12.0 Å². The Bertz CT molecular complexity index is 600. The van der Waals surface area contributed by atoms with Crippen molar-refractivity contribution in [3.8, 4) is 5.69 Å². The molecule has 2 aromatic rings. The average molecular weight is 261 g/mol. The number of hydrogen-bond donors (Lipinski definition) is 1. The fraction of sp³-hybridized carbons (Fsp3) is 0.400. The second kappa shape index (κ2) is 5.13. The predicted octanol–water partition coefficient (Wildman–Crippen LogP) is 3.21. The molecule has 0 aliphatic carbocycles. The van der Waals surface area contributed by atoms with Crippen LogP contribution >= 0.6 is 0 Å². The number of halogens is 1. The second-order valence-corrected chi connectivity index (χ2v) is 4.88. The van der Waals surface area contributed by atoms with E-state index in [0.717, 1.165) is 23.5 Å². The summed E-state index contributed by atoms with van der Waals surface area (Å²) >= 11 is 0. The van der Waals surface area contributed by atoms with Crippen molar-refractivity contribution in [3.05, 3.63) is 46.5 Å². The van der Waals surface area contributed by atoms with E-state index in [9.17, 15) is 4.39 Å². The van der Waals surface area contributed by atoms with Crippen LogP contribution in [0.2, 0.25) is 0 Å². The Balaban J connectivity index is 2.69. The summed E-state index contributed by atoms with van der Waals surface area (Å²) in [5, 5.41) is 4.53. The van der Waals surface area contributed by atoms with Crippen molar-refractivity contribution in [2.75, 3.05) is 0 Å². The van der Waals surface area contributed by atoms with E-state index >= 15 is 0 Å². The fourth-order valence-corrected chi connectivity index (χ4v) is 2.58. The van der Waals surface area contributed by atoms with Crippen LogP contribution in [-0.2, 0) is 6.42 Å². The van der Waals surface area contributed by atoms with E-state index in [1.807, 2.05) is 19.9 Å². The van der Waals surface area contributed by atoms with E-state index in [1.54, 1.807) is 17.7 Å². The van der Waals surface area contributed by atoms with Gasteiger partial charge in [0.05, 0.1) is 11.4 Å². The smallest absolute Gasteiger partial charge is 0.130 e. The van der Waals surface area contributed by atoms with Crippen molar-refractivity contribution in [3.63, 3.8) is 0 Å². The maximum absolute atomic E-state index is 14.0. The molecular weight excluding hydrogens is 241 g/mol. The fourth-order valence-electron chi connectivity index (χ4n) is 2.58. The highest BCUT2D eigenvalue weighted by molar-refractivity contribution is 5.45. The average Bonchev–Trinajstić information content (AvgIpc) is 2.63. The first-order chi connectivity index (χ1) is 8.97. The summed E-state index contributed by atoms with van der Waals surface area (Å²) in [5.41, 5.74) is 10.4. The van der Waals surface area contributed by atoms with Crippen molar-refractivity contribution in [1.29, 1.82) is 0 Å². The van der Waals surface area contributed by atoms with E-state index in [4.69, 9.17) is 5.73 Å². The number of aryl methyl sites for hydroxylation is 1. The molecule has 1 aromatic heterocycles. The first-order valence-corrected chi connectivity index (χ1v) is 6.56. The van der Waals surface area contributed by atoms with Gasteiger partial charge >= 0.3 is 0 Å². The van der Waals surface area contributed by atoms with Crippen molar-refractivity contribution in [1.82, 2.24) is 9.78 Å². The van der Waals surface area contributed by atoms with E-state index in [-0.39, 0.29) is 11.9 Å². The third-order valence-electron chi connectivity index (χ3n) is 3.51. The van der Waals surface area contributed by atoms with Gasteiger partial charge in [0.15, 0.2) is 0 Å². The van der Waals surface area contributed by atoms with Gasteiger partial charge in [-0.05, 0) is 44.9 Å². The van der Waals surface area contributed by atoms with Crippen molar-refractivity contribution in [2.45, 2.75) is 40.2 Å². The lowest BCUT2D eigenvalue weighted by Crippen LogP contribution is -2.13. The minimum absolute atomic E-state index is 0.280. The van der Waals surface area contributed by atoms with Crippen LogP contribution in [0.3, 0.4) is 0 Å². The lowest BCUT2D eigenvalue weighted by Gasteiger charge is -2.15. The van der Waals surface area contributed by atoms with Gasteiger partial charge in [0.2, 0.25) is 0 Å². The van der Waals surface area contributed by atoms with Gasteiger partial charge in [-0.25, -0.2) is 9.07 Å². The molecule has 1 aromatic carbocycles. The molecule has 0 bridgehead atoms. The monoisotopic (exact) mass is 261 g/mol. The van der Waals surface area contributed by atoms with Gasteiger partial charge in [0.25, 0.3) is 0 Å². The van der Waals surface area contributed by atoms with Crippen molar-refractivity contribution < 1.29 is 4.39 Å². The van der Waals surface area contributed by atoms with Crippen molar-refractivity contribution in [2.24, 2.45) is 5.73 Å². The number of rotatable bonds is 3. The number of aromatic nitrogens is 2. The number of nitrogens with zero attached hydrogens (tertiary/aromatic N) is 2. The van der Waals surface area contributed by atoms with Gasteiger partial charge < -0.3 is 5.73 Å². The quantitative estimate of drug-likeness (QED) is 0.922. The van der Waals surface area contributed by atoms with Crippen LogP contribution in [0.1, 0.15) is 42.4 Å². The Labute approximate surface area is 113 Å². The number of hydrogen-bond acceptors (Lipinski definition) is 2. The molecule has 0 amide bonds. The lowest BCUT2D eigenvalue weighted by atomic mass is 10.1. The molecule has 19 heavy (non-hydrogen) atoms. The van der Waals surface area contributed by atoms with E-state index in [0.29, 0.717) is 5.56 Å². The molecule has 102 valence electrons. The zero-order valence-electron chi connectivity index (χ0n) is 11.9. The van der Waals surface area contributed by atoms with E-state index in [1.165, 1.54) is 11.6 Å². The number of nitrogens with two attached hydrogens (primary N) is 1. The molecule has 0 fully saturated rings. The standard InChI is InChI=1S/C15H20FN3/c1-5-12-10(3)18-19(11(12)4)14-8-6-7-13(16)15(14)9(2)17/h6-9H,5,17H2,1-4H3. The van der Waals surface area contributed by atoms with Crippen LogP contribution in [0, 0.1) is 19.7 Å². The topological polar surface area (TPSA) is 43.8 Å². The molecule has 0 saturated carbocycles. The molecule has 0 aliphatic heterocycles. The molecule has 0 spiro atoms. The molecule has 0 radical (unpaired) electrons. The summed E-state index contributed by atoms with van der Waals surface area (Å²) in [6.07, 6.45) is 0.917. The van der Waals surface area contributed by atoms with Crippen LogP contribution in [-0.4, -0.2) is 9.78 Å². The van der Waals surface area contributed by atoms with Gasteiger partial charge in [0, 0.05) is 17.3 Å². The molecule has 1 unspecified atom stereocenters. The first kappa shape index (κ1) is 13.7. The third-order valence-corrected chi connectivity index (χ3v) is 3.51. The SMILES string of the molecule is CCc1c(C)nn(-c2cccc(F)c2C(C)N)c1C. The Morgan fingerprint density at radius 1 is 1.37 bits per heavy atom. The number of benzene rings is 1. The minimum Gasteiger partial charge on any atom is -0.324 e. The zero-order valence-corrected chi connectivity index (χ0v) is 11.9. The minimum atomic E-state index is -0.370. The summed E-state index contributed by atoms with van der Waals surface area (Å²) in [7, 11) is 0. The van der Waals surface area contributed by atoms with Gasteiger partial charge in [-0.2, -0.15) is 5.10 Å². The van der Waals surface area contributed by atoms with Crippen LogP contribution in [0.5, 0.6) is 0 Å². The van der Waals surface area contributed by atoms with Gasteiger partial charge in [-0.15, -0.1) is 0 Å². The third kappa shape index (κ3) is 2.28. The van der Waals surface area contributed by atoms with Crippen LogP contribution in [0.25, 0.3) is 5.69 Å². The molecule has 4 heteroatoms. The predicted molar refractivity (Wildman–Crippen MR) is 75.0 cm³/mol. The highest BCUT2D eigenvalue weighted by Gasteiger charge is 2.18. The maximum Gasteiger partial charge on any atom is 0.130 e. The normalized spacial score (nSPS) is 12.7. The lowest BCUT2D eigenvalue weighted by molar-refractivity contribution is 0.588. The van der Waals surface area contributed by atoms with Crippen LogP contribution in [0.4, 0.5) is 4.39 Å².